The largest absolute Gasteiger partial charge is 0.377 e. The van der Waals surface area contributed by atoms with E-state index >= 15 is 0 Å². The van der Waals surface area contributed by atoms with Crippen molar-refractivity contribution < 1.29 is 9.53 Å². The Morgan fingerprint density at radius 2 is 2.06 bits per heavy atom. The number of methoxy groups -OCH3 is 1. The van der Waals surface area contributed by atoms with Gasteiger partial charge in [0.05, 0.1) is 11.6 Å². The number of carbonyl (C=O) groups is 1. The molecule has 4 nitrogen and oxygen atoms in total. The van der Waals surface area contributed by atoms with E-state index < -0.39 is 0 Å². The first kappa shape index (κ1) is 15.4. The Hall–Kier alpha value is -0.610. The van der Waals surface area contributed by atoms with Crippen LogP contribution in [0.15, 0.2) is 0 Å². The molecule has 1 unspecified atom stereocenters. The quantitative estimate of drug-likeness (QED) is 0.731. The minimum Gasteiger partial charge on any atom is -0.377 e. The number of carbonyl (C=O) groups excluding carboxylic acids is 1. The van der Waals surface area contributed by atoms with Gasteiger partial charge in [-0.05, 0) is 46.5 Å². The summed E-state index contributed by atoms with van der Waals surface area (Å²) in [6.07, 6.45) is 4.32. The van der Waals surface area contributed by atoms with Crippen LogP contribution < -0.4 is 10.6 Å². The molecule has 0 aromatic rings. The van der Waals surface area contributed by atoms with E-state index in [2.05, 4.69) is 17.6 Å². The van der Waals surface area contributed by atoms with E-state index in [-0.39, 0.29) is 23.1 Å². The van der Waals surface area contributed by atoms with Crippen molar-refractivity contribution in [3.05, 3.63) is 0 Å². The van der Waals surface area contributed by atoms with Gasteiger partial charge in [0.1, 0.15) is 0 Å². The van der Waals surface area contributed by atoms with Crippen molar-refractivity contribution in [1.29, 1.82) is 0 Å². The summed E-state index contributed by atoms with van der Waals surface area (Å²) < 4.78 is 5.53. The molecule has 0 radical (unpaired) electrons. The molecule has 1 fully saturated rings. The lowest BCUT2D eigenvalue weighted by molar-refractivity contribution is -0.125. The molecule has 1 saturated carbocycles. The lowest BCUT2D eigenvalue weighted by Gasteiger charge is -2.41. The van der Waals surface area contributed by atoms with Crippen LogP contribution in [0.5, 0.6) is 0 Å². The van der Waals surface area contributed by atoms with E-state index in [0.29, 0.717) is 0 Å². The molecule has 0 aromatic carbocycles. The third-order valence-corrected chi connectivity index (χ3v) is 4.17. The number of rotatable bonds is 7. The van der Waals surface area contributed by atoms with Gasteiger partial charge in [-0.2, -0.15) is 0 Å². The molecule has 1 rings (SSSR count). The minimum absolute atomic E-state index is 0.0329. The summed E-state index contributed by atoms with van der Waals surface area (Å²) in [7, 11) is 1.76. The molecule has 1 aliphatic rings. The van der Waals surface area contributed by atoms with Crippen molar-refractivity contribution in [1.82, 2.24) is 10.6 Å². The molecule has 0 aromatic heterocycles. The fourth-order valence-corrected chi connectivity index (χ4v) is 1.99. The van der Waals surface area contributed by atoms with Gasteiger partial charge >= 0.3 is 0 Å². The zero-order chi connectivity index (χ0) is 13.8. The molecule has 0 spiro atoms. The Bertz CT molecular complexity index is 280. The number of hydrogen-bond donors (Lipinski definition) is 2. The summed E-state index contributed by atoms with van der Waals surface area (Å²) in [5.41, 5.74) is -0.169. The molecule has 18 heavy (non-hydrogen) atoms. The third kappa shape index (κ3) is 3.95. The van der Waals surface area contributed by atoms with Crippen LogP contribution >= 0.6 is 0 Å². The Labute approximate surface area is 111 Å². The SMILES string of the molecule is CCC(C)(C)NC(=O)C(C)NCC1(OC)CCC1. The Morgan fingerprint density at radius 1 is 1.44 bits per heavy atom. The van der Waals surface area contributed by atoms with Crippen LogP contribution in [-0.2, 0) is 9.53 Å². The second-order valence-corrected chi connectivity index (χ2v) is 6.07. The maximum Gasteiger partial charge on any atom is 0.237 e. The first-order valence-electron chi connectivity index (χ1n) is 6.95. The average Bonchev–Trinajstić information content (AvgIpc) is 2.27. The minimum atomic E-state index is -0.177. The molecular formula is C14H28N2O2. The molecule has 0 bridgehead atoms. The van der Waals surface area contributed by atoms with E-state index in [0.717, 1.165) is 25.8 Å². The summed E-state index contributed by atoms with van der Waals surface area (Å²) in [5, 5.41) is 6.34. The van der Waals surface area contributed by atoms with Gasteiger partial charge in [-0.3, -0.25) is 4.79 Å². The third-order valence-electron chi connectivity index (χ3n) is 4.17. The summed E-state index contributed by atoms with van der Waals surface area (Å²) >= 11 is 0. The standard InChI is InChI=1S/C14H28N2O2/c1-6-13(3,4)16-12(17)11(2)15-10-14(18-5)8-7-9-14/h11,15H,6-10H2,1-5H3,(H,16,17). The van der Waals surface area contributed by atoms with Crippen LogP contribution in [0.4, 0.5) is 0 Å². The van der Waals surface area contributed by atoms with E-state index in [1.807, 2.05) is 20.8 Å². The van der Waals surface area contributed by atoms with Crippen molar-refractivity contribution >= 4 is 5.91 Å². The predicted molar refractivity (Wildman–Crippen MR) is 73.6 cm³/mol. The van der Waals surface area contributed by atoms with Gasteiger partial charge in [0.2, 0.25) is 5.91 Å². The zero-order valence-corrected chi connectivity index (χ0v) is 12.4. The van der Waals surface area contributed by atoms with Crippen LogP contribution in [0.1, 0.15) is 53.4 Å². The van der Waals surface area contributed by atoms with Crippen molar-refractivity contribution in [3.8, 4) is 0 Å². The van der Waals surface area contributed by atoms with E-state index in [1.165, 1.54) is 6.42 Å². The van der Waals surface area contributed by atoms with Gasteiger partial charge in [0, 0.05) is 19.2 Å². The highest BCUT2D eigenvalue weighted by Crippen LogP contribution is 2.34. The van der Waals surface area contributed by atoms with Crippen LogP contribution in [-0.4, -0.2) is 36.7 Å². The molecular weight excluding hydrogens is 228 g/mol. The number of ether oxygens (including phenoxy) is 1. The van der Waals surface area contributed by atoms with Gasteiger partial charge in [-0.15, -0.1) is 0 Å². The first-order chi connectivity index (χ1) is 8.34. The Balaban J connectivity index is 2.36. The average molecular weight is 256 g/mol. The first-order valence-corrected chi connectivity index (χ1v) is 6.95. The lowest BCUT2D eigenvalue weighted by atomic mass is 9.80. The van der Waals surface area contributed by atoms with Crippen LogP contribution in [0.2, 0.25) is 0 Å². The number of amides is 1. The van der Waals surface area contributed by atoms with E-state index in [1.54, 1.807) is 7.11 Å². The van der Waals surface area contributed by atoms with Gasteiger partial charge in [-0.25, -0.2) is 0 Å². The second-order valence-electron chi connectivity index (χ2n) is 6.07. The number of hydrogen-bond acceptors (Lipinski definition) is 3. The van der Waals surface area contributed by atoms with Crippen LogP contribution in [0.3, 0.4) is 0 Å². The fourth-order valence-electron chi connectivity index (χ4n) is 1.99. The summed E-state index contributed by atoms with van der Waals surface area (Å²) in [5.74, 6) is 0.0624. The molecule has 1 aliphatic carbocycles. The molecule has 0 heterocycles. The maximum absolute atomic E-state index is 12.0. The highest BCUT2D eigenvalue weighted by Gasteiger charge is 2.37. The molecule has 106 valence electrons. The van der Waals surface area contributed by atoms with E-state index in [9.17, 15) is 4.79 Å². The smallest absolute Gasteiger partial charge is 0.237 e. The summed E-state index contributed by atoms with van der Waals surface area (Å²) in [6.45, 7) is 8.82. The highest BCUT2D eigenvalue weighted by molar-refractivity contribution is 5.81. The summed E-state index contributed by atoms with van der Waals surface area (Å²) in [4.78, 5) is 12.0. The molecule has 1 amide bonds. The fraction of sp³-hybridized carbons (Fsp3) is 0.929. The Kier molecular flexibility index (Phi) is 5.17. The van der Waals surface area contributed by atoms with Crippen molar-refractivity contribution in [3.63, 3.8) is 0 Å². The molecule has 1 atom stereocenters. The highest BCUT2D eigenvalue weighted by atomic mass is 16.5. The van der Waals surface area contributed by atoms with Gasteiger partial charge in [0.15, 0.2) is 0 Å². The second kappa shape index (κ2) is 6.02. The van der Waals surface area contributed by atoms with Crippen molar-refractivity contribution in [2.45, 2.75) is 70.6 Å². The van der Waals surface area contributed by atoms with Crippen molar-refractivity contribution in [2.75, 3.05) is 13.7 Å². The zero-order valence-electron chi connectivity index (χ0n) is 12.4. The monoisotopic (exact) mass is 256 g/mol. The van der Waals surface area contributed by atoms with Crippen LogP contribution in [0.25, 0.3) is 0 Å². The molecule has 0 saturated heterocycles. The molecule has 0 aliphatic heterocycles. The molecule has 4 heteroatoms. The van der Waals surface area contributed by atoms with E-state index in [4.69, 9.17) is 4.74 Å². The Morgan fingerprint density at radius 3 is 2.44 bits per heavy atom. The topological polar surface area (TPSA) is 50.4 Å². The maximum atomic E-state index is 12.0. The van der Waals surface area contributed by atoms with Gasteiger partial charge in [0.25, 0.3) is 0 Å². The number of nitrogens with one attached hydrogen (secondary N) is 2. The normalized spacial score (nSPS) is 20.1. The van der Waals surface area contributed by atoms with Crippen molar-refractivity contribution in [2.24, 2.45) is 0 Å². The van der Waals surface area contributed by atoms with Gasteiger partial charge < -0.3 is 15.4 Å². The predicted octanol–water partition coefficient (Wildman–Crippen LogP) is 1.84. The van der Waals surface area contributed by atoms with Gasteiger partial charge in [-0.1, -0.05) is 6.92 Å². The lowest BCUT2D eigenvalue weighted by Crippen LogP contribution is -2.55. The summed E-state index contributed by atoms with van der Waals surface area (Å²) in [6, 6.07) is -0.177. The van der Waals surface area contributed by atoms with Crippen LogP contribution in [0, 0.1) is 0 Å². The molecule has 2 N–H and O–H groups in total.